The average Bonchev–Trinajstić information content (AvgIpc) is 2.41. The largest absolute Gasteiger partial charge is 0.496 e. The van der Waals surface area contributed by atoms with E-state index in [1.54, 1.807) is 24.4 Å². The molecule has 0 atom stereocenters. The summed E-state index contributed by atoms with van der Waals surface area (Å²) in [6.45, 7) is 1.87. The van der Waals surface area contributed by atoms with Gasteiger partial charge in [0, 0.05) is 11.9 Å². The number of rotatable bonds is 3. The lowest BCUT2D eigenvalue weighted by atomic mass is 10.1. The third-order valence-corrected chi connectivity index (χ3v) is 2.71. The molecule has 0 saturated heterocycles. The van der Waals surface area contributed by atoms with Crippen molar-refractivity contribution in [3.8, 4) is 5.75 Å². The molecule has 0 bridgehead atoms. The zero-order valence-electron chi connectivity index (χ0n) is 10.8. The molecular formula is C14H15N3O2. The quantitative estimate of drug-likeness (QED) is 0.827. The SMILES string of the molecule is COc1ccc(N)cc1C(=O)Nc1ncccc1C. The number of carbonyl (C=O) groups is 1. The molecular weight excluding hydrogens is 242 g/mol. The van der Waals surface area contributed by atoms with E-state index in [0.29, 0.717) is 22.8 Å². The Balaban J connectivity index is 2.30. The Morgan fingerprint density at radius 2 is 2.16 bits per heavy atom. The number of anilines is 2. The highest BCUT2D eigenvalue weighted by molar-refractivity contribution is 6.06. The molecule has 98 valence electrons. The highest BCUT2D eigenvalue weighted by atomic mass is 16.5. The molecule has 3 N–H and O–H groups in total. The fourth-order valence-electron chi connectivity index (χ4n) is 1.69. The number of nitrogens with two attached hydrogens (primary N) is 1. The number of pyridine rings is 1. The van der Waals surface area contributed by atoms with E-state index in [1.807, 2.05) is 19.1 Å². The highest BCUT2D eigenvalue weighted by Gasteiger charge is 2.14. The minimum Gasteiger partial charge on any atom is -0.496 e. The first-order valence-electron chi connectivity index (χ1n) is 5.78. The molecule has 0 saturated carbocycles. The molecule has 2 aromatic rings. The average molecular weight is 257 g/mol. The summed E-state index contributed by atoms with van der Waals surface area (Å²) in [6.07, 6.45) is 1.62. The van der Waals surface area contributed by atoms with Crippen LogP contribution in [-0.4, -0.2) is 18.0 Å². The van der Waals surface area contributed by atoms with E-state index in [-0.39, 0.29) is 5.91 Å². The van der Waals surface area contributed by atoms with E-state index in [4.69, 9.17) is 10.5 Å². The van der Waals surface area contributed by atoms with Crippen molar-refractivity contribution in [1.29, 1.82) is 0 Å². The summed E-state index contributed by atoms with van der Waals surface area (Å²) in [5.74, 6) is 0.697. The zero-order chi connectivity index (χ0) is 13.8. The van der Waals surface area contributed by atoms with E-state index in [0.717, 1.165) is 5.56 Å². The molecule has 5 nitrogen and oxygen atoms in total. The van der Waals surface area contributed by atoms with Crippen LogP contribution in [-0.2, 0) is 0 Å². The van der Waals surface area contributed by atoms with Crippen molar-refractivity contribution in [3.05, 3.63) is 47.7 Å². The molecule has 1 aromatic heterocycles. The number of nitrogen functional groups attached to an aromatic ring is 1. The molecule has 0 spiro atoms. The van der Waals surface area contributed by atoms with Crippen molar-refractivity contribution in [3.63, 3.8) is 0 Å². The van der Waals surface area contributed by atoms with Gasteiger partial charge in [0.15, 0.2) is 0 Å². The van der Waals surface area contributed by atoms with Crippen molar-refractivity contribution in [1.82, 2.24) is 4.98 Å². The van der Waals surface area contributed by atoms with Gasteiger partial charge in [0.25, 0.3) is 5.91 Å². The second-order valence-corrected chi connectivity index (χ2v) is 4.08. The van der Waals surface area contributed by atoms with Crippen LogP contribution >= 0.6 is 0 Å². The molecule has 19 heavy (non-hydrogen) atoms. The maximum Gasteiger partial charge on any atom is 0.260 e. The van der Waals surface area contributed by atoms with E-state index < -0.39 is 0 Å². The number of aryl methyl sites for hydroxylation is 1. The van der Waals surface area contributed by atoms with Crippen molar-refractivity contribution in [2.24, 2.45) is 0 Å². The van der Waals surface area contributed by atoms with Gasteiger partial charge in [0.1, 0.15) is 11.6 Å². The molecule has 0 fully saturated rings. The van der Waals surface area contributed by atoms with Gasteiger partial charge in [-0.1, -0.05) is 6.07 Å². The Morgan fingerprint density at radius 1 is 1.37 bits per heavy atom. The molecule has 0 aliphatic carbocycles. The van der Waals surface area contributed by atoms with E-state index in [1.165, 1.54) is 7.11 Å². The van der Waals surface area contributed by atoms with E-state index >= 15 is 0 Å². The van der Waals surface area contributed by atoms with Gasteiger partial charge in [0.2, 0.25) is 0 Å². The number of amides is 1. The number of carbonyl (C=O) groups excluding carboxylic acids is 1. The highest BCUT2D eigenvalue weighted by Crippen LogP contribution is 2.22. The monoisotopic (exact) mass is 257 g/mol. The first-order valence-corrected chi connectivity index (χ1v) is 5.78. The van der Waals surface area contributed by atoms with Gasteiger partial charge in [0.05, 0.1) is 12.7 Å². The number of nitrogens with zero attached hydrogens (tertiary/aromatic N) is 1. The normalized spacial score (nSPS) is 10.0. The van der Waals surface area contributed by atoms with Crippen LogP contribution < -0.4 is 15.8 Å². The van der Waals surface area contributed by atoms with Gasteiger partial charge in [-0.25, -0.2) is 4.98 Å². The number of methoxy groups -OCH3 is 1. The first-order chi connectivity index (χ1) is 9.11. The number of ether oxygens (including phenoxy) is 1. The fraction of sp³-hybridized carbons (Fsp3) is 0.143. The topological polar surface area (TPSA) is 77.2 Å². The number of aromatic nitrogens is 1. The predicted molar refractivity (Wildman–Crippen MR) is 74.3 cm³/mol. The lowest BCUT2D eigenvalue weighted by Crippen LogP contribution is -2.15. The predicted octanol–water partition coefficient (Wildman–Crippen LogP) is 2.23. The second kappa shape index (κ2) is 5.39. The Kier molecular flexibility index (Phi) is 3.66. The summed E-state index contributed by atoms with van der Waals surface area (Å²) in [6, 6.07) is 8.61. The smallest absolute Gasteiger partial charge is 0.260 e. The third-order valence-electron chi connectivity index (χ3n) is 2.71. The summed E-state index contributed by atoms with van der Waals surface area (Å²) >= 11 is 0. The Bertz CT molecular complexity index is 611. The van der Waals surface area contributed by atoms with Crippen molar-refractivity contribution in [2.75, 3.05) is 18.2 Å². The van der Waals surface area contributed by atoms with Gasteiger partial charge in [-0.15, -0.1) is 0 Å². The van der Waals surface area contributed by atoms with Crippen LogP contribution in [0.15, 0.2) is 36.5 Å². The van der Waals surface area contributed by atoms with Gasteiger partial charge in [-0.3, -0.25) is 4.79 Å². The summed E-state index contributed by atoms with van der Waals surface area (Å²) in [4.78, 5) is 16.3. The van der Waals surface area contributed by atoms with Crippen LogP contribution in [0.5, 0.6) is 5.75 Å². The molecule has 0 aliphatic heterocycles. The molecule has 0 aliphatic rings. The Morgan fingerprint density at radius 3 is 2.84 bits per heavy atom. The minimum absolute atomic E-state index is 0.300. The number of nitrogens with one attached hydrogen (secondary N) is 1. The van der Waals surface area contributed by atoms with Crippen LogP contribution in [0.25, 0.3) is 0 Å². The minimum atomic E-state index is -0.300. The maximum absolute atomic E-state index is 12.2. The van der Waals surface area contributed by atoms with Gasteiger partial charge < -0.3 is 15.8 Å². The van der Waals surface area contributed by atoms with Crippen LogP contribution in [0.3, 0.4) is 0 Å². The van der Waals surface area contributed by atoms with Crippen LogP contribution in [0.2, 0.25) is 0 Å². The molecule has 1 aromatic carbocycles. The standard InChI is InChI=1S/C14H15N3O2/c1-9-4-3-7-16-13(9)17-14(18)11-8-10(15)5-6-12(11)19-2/h3-8H,15H2,1-2H3,(H,16,17,18). The van der Waals surface area contributed by atoms with Gasteiger partial charge in [-0.2, -0.15) is 0 Å². The van der Waals surface area contributed by atoms with Crippen molar-refractivity contribution < 1.29 is 9.53 Å². The Hall–Kier alpha value is -2.56. The molecule has 1 amide bonds. The number of hydrogen-bond donors (Lipinski definition) is 2. The van der Waals surface area contributed by atoms with Gasteiger partial charge >= 0.3 is 0 Å². The van der Waals surface area contributed by atoms with Crippen molar-refractivity contribution in [2.45, 2.75) is 6.92 Å². The summed E-state index contributed by atoms with van der Waals surface area (Å²) in [5.41, 5.74) is 7.47. The lowest BCUT2D eigenvalue weighted by Gasteiger charge is -2.10. The van der Waals surface area contributed by atoms with Crippen molar-refractivity contribution >= 4 is 17.4 Å². The Labute approximate surface area is 111 Å². The third kappa shape index (κ3) is 2.82. The van der Waals surface area contributed by atoms with Gasteiger partial charge in [-0.05, 0) is 36.8 Å². The first kappa shape index (κ1) is 12.9. The van der Waals surface area contributed by atoms with Crippen LogP contribution in [0.4, 0.5) is 11.5 Å². The second-order valence-electron chi connectivity index (χ2n) is 4.08. The zero-order valence-corrected chi connectivity index (χ0v) is 10.8. The summed E-state index contributed by atoms with van der Waals surface area (Å²) in [5, 5.41) is 2.74. The van der Waals surface area contributed by atoms with E-state index in [2.05, 4.69) is 10.3 Å². The lowest BCUT2D eigenvalue weighted by molar-refractivity contribution is 0.102. The van der Waals surface area contributed by atoms with E-state index in [9.17, 15) is 4.79 Å². The summed E-state index contributed by atoms with van der Waals surface area (Å²) in [7, 11) is 1.51. The fourth-order valence-corrected chi connectivity index (χ4v) is 1.69. The number of benzene rings is 1. The van der Waals surface area contributed by atoms with Crippen LogP contribution in [0.1, 0.15) is 15.9 Å². The van der Waals surface area contributed by atoms with Crippen LogP contribution in [0, 0.1) is 6.92 Å². The molecule has 5 heteroatoms. The molecule has 2 rings (SSSR count). The molecule has 0 unspecified atom stereocenters. The summed E-state index contributed by atoms with van der Waals surface area (Å²) < 4.78 is 5.15. The number of hydrogen-bond acceptors (Lipinski definition) is 4. The maximum atomic E-state index is 12.2. The molecule has 0 radical (unpaired) electrons. The molecule has 1 heterocycles.